The average molecular weight is 263 g/mol. The molecular weight excluding hydrogens is 251 g/mol. The monoisotopic (exact) mass is 263 g/mol. The Bertz CT molecular complexity index is 483. The molecule has 0 aromatic carbocycles. The second-order valence-electron chi connectivity index (χ2n) is 4.23. The Morgan fingerprint density at radius 3 is 2.39 bits per heavy atom. The number of cyclic esters (lactones) is 1. The summed E-state index contributed by atoms with van der Waals surface area (Å²) in [5.41, 5.74) is -0.759. The lowest BCUT2D eigenvalue weighted by molar-refractivity contribution is -0.141. The minimum atomic E-state index is -4.51. The highest BCUT2D eigenvalue weighted by atomic mass is 19.4. The first-order chi connectivity index (χ1) is 8.21. The molecule has 5 nitrogen and oxygen atoms in total. The molecule has 0 radical (unpaired) electrons. The van der Waals surface area contributed by atoms with Crippen molar-refractivity contribution in [1.29, 1.82) is 0 Å². The molecule has 1 fully saturated rings. The van der Waals surface area contributed by atoms with Crippen molar-refractivity contribution in [1.82, 2.24) is 14.7 Å². The van der Waals surface area contributed by atoms with E-state index in [4.69, 9.17) is 4.74 Å². The van der Waals surface area contributed by atoms with Crippen molar-refractivity contribution >= 4 is 6.09 Å². The van der Waals surface area contributed by atoms with Crippen molar-refractivity contribution in [3.8, 4) is 0 Å². The van der Waals surface area contributed by atoms with Crippen molar-refractivity contribution in [3.05, 3.63) is 17.5 Å². The lowest BCUT2D eigenvalue weighted by Crippen LogP contribution is -2.27. The summed E-state index contributed by atoms with van der Waals surface area (Å²) in [6, 6.07) is 0.571. The van der Waals surface area contributed by atoms with Crippen LogP contribution in [0.5, 0.6) is 0 Å². The SMILES string of the molecule is C[C@@H]1[C@H](c2cc(C(F)(F)F)nn2C)OC(=O)N1C. The van der Waals surface area contributed by atoms with E-state index >= 15 is 0 Å². The minimum absolute atomic E-state index is 0.229. The number of nitrogens with zero attached hydrogens (tertiary/aromatic N) is 3. The zero-order valence-corrected chi connectivity index (χ0v) is 10.0. The number of rotatable bonds is 1. The van der Waals surface area contributed by atoms with Crippen LogP contribution in [0.3, 0.4) is 0 Å². The Balaban J connectivity index is 2.35. The molecule has 0 spiro atoms. The van der Waals surface area contributed by atoms with Crippen molar-refractivity contribution in [2.45, 2.75) is 25.2 Å². The predicted octanol–water partition coefficient (Wildman–Crippen LogP) is 1.95. The highest BCUT2D eigenvalue weighted by Gasteiger charge is 2.41. The molecule has 8 heteroatoms. The average Bonchev–Trinajstić information content (AvgIpc) is 2.74. The third-order valence-corrected chi connectivity index (χ3v) is 3.06. The minimum Gasteiger partial charge on any atom is -0.437 e. The molecule has 2 heterocycles. The van der Waals surface area contributed by atoms with E-state index in [1.807, 2.05) is 0 Å². The third-order valence-electron chi connectivity index (χ3n) is 3.06. The maximum Gasteiger partial charge on any atom is 0.435 e. The van der Waals surface area contributed by atoms with Crippen LogP contribution in [-0.4, -0.2) is 33.9 Å². The number of hydrogen-bond donors (Lipinski definition) is 0. The van der Waals surface area contributed by atoms with Gasteiger partial charge in [0.25, 0.3) is 0 Å². The molecule has 100 valence electrons. The van der Waals surface area contributed by atoms with E-state index in [1.165, 1.54) is 19.0 Å². The molecule has 0 bridgehead atoms. The van der Waals surface area contributed by atoms with Gasteiger partial charge in [-0.3, -0.25) is 4.68 Å². The van der Waals surface area contributed by atoms with Gasteiger partial charge in [-0.25, -0.2) is 4.79 Å². The summed E-state index contributed by atoms with van der Waals surface area (Å²) in [4.78, 5) is 12.7. The zero-order chi connectivity index (χ0) is 13.7. The summed E-state index contributed by atoms with van der Waals surface area (Å²) in [5.74, 6) is 0. The Labute approximate surface area is 101 Å². The molecular formula is C10H12F3N3O2. The van der Waals surface area contributed by atoms with Gasteiger partial charge in [-0.1, -0.05) is 0 Å². The van der Waals surface area contributed by atoms with Crippen LogP contribution in [0, 0.1) is 0 Å². The van der Waals surface area contributed by atoms with E-state index in [1.54, 1.807) is 6.92 Å². The van der Waals surface area contributed by atoms with Gasteiger partial charge in [-0.15, -0.1) is 0 Å². The fourth-order valence-electron chi connectivity index (χ4n) is 1.85. The van der Waals surface area contributed by atoms with Crippen molar-refractivity contribution in [3.63, 3.8) is 0 Å². The lowest BCUT2D eigenvalue weighted by Gasteiger charge is -2.16. The van der Waals surface area contributed by atoms with Crippen LogP contribution >= 0.6 is 0 Å². The van der Waals surface area contributed by atoms with Gasteiger partial charge in [0.15, 0.2) is 11.8 Å². The highest BCUT2D eigenvalue weighted by molar-refractivity contribution is 5.70. The van der Waals surface area contributed by atoms with Crippen LogP contribution in [0.25, 0.3) is 0 Å². The molecule has 2 rings (SSSR count). The Hall–Kier alpha value is -1.73. The molecule has 1 aliphatic heterocycles. The first-order valence-corrected chi connectivity index (χ1v) is 5.26. The number of carbonyl (C=O) groups excluding carboxylic acids is 1. The number of aromatic nitrogens is 2. The van der Waals surface area contributed by atoms with Crippen LogP contribution in [0.15, 0.2) is 6.07 Å². The molecule has 2 atom stereocenters. The quantitative estimate of drug-likeness (QED) is 0.778. The smallest absolute Gasteiger partial charge is 0.435 e. The molecule has 1 saturated heterocycles. The first kappa shape index (κ1) is 12.7. The number of halogens is 3. The number of alkyl halides is 3. The second-order valence-corrected chi connectivity index (χ2v) is 4.23. The number of aryl methyl sites for hydroxylation is 1. The van der Waals surface area contributed by atoms with Crippen molar-refractivity contribution in [2.24, 2.45) is 7.05 Å². The van der Waals surface area contributed by atoms with Gasteiger partial charge in [0.2, 0.25) is 0 Å². The van der Waals surface area contributed by atoms with Crippen molar-refractivity contribution in [2.75, 3.05) is 7.05 Å². The fraction of sp³-hybridized carbons (Fsp3) is 0.600. The zero-order valence-electron chi connectivity index (χ0n) is 10.0. The summed E-state index contributed by atoms with van der Waals surface area (Å²) in [5, 5.41) is 3.39. The van der Waals surface area contributed by atoms with Gasteiger partial charge < -0.3 is 9.64 Å². The predicted molar refractivity (Wildman–Crippen MR) is 54.7 cm³/mol. The van der Waals surface area contributed by atoms with Crippen LogP contribution < -0.4 is 0 Å². The maximum atomic E-state index is 12.5. The van der Waals surface area contributed by atoms with Crippen molar-refractivity contribution < 1.29 is 22.7 Å². The summed E-state index contributed by atoms with van der Waals surface area (Å²) in [6.07, 6.45) is -5.80. The number of ether oxygens (including phenoxy) is 1. The van der Waals surface area contributed by atoms with Gasteiger partial charge in [0.1, 0.15) is 0 Å². The van der Waals surface area contributed by atoms with E-state index in [0.29, 0.717) is 0 Å². The molecule has 0 unspecified atom stereocenters. The topological polar surface area (TPSA) is 47.4 Å². The number of likely N-dealkylation sites (N-methyl/N-ethyl adjacent to an activating group) is 1. The van der Waals surface area contributed by atoms with Gasteiger partial charge in [-0.05, 0) is 13.0 Å². The normalized spacial score (nSPS) is 24.6. The summed E-state index contributed by atoms with van der Waals surface area (Å²) in [7, 11) is 2.93. The Morgan fingerprint density at radius 2 is 2.00 bits per heavy atom. The van der Waals surface area contributed by atoms with Crippen LogP contribution in [0.2, 0.25) is 0 Å². The van der Waals surface area contributed by atoms with E-state index in [2.05, 4.69) is 5.10 Å². The largest absolute Gasteiger partial charge is 0.437 e. The van der Waals surface area contributed by atoms with E-state index < -0.39 is 24.1 Å². The van der Waals surface area contributed by atoms with Gasteiger partial charge in [-0.2, -0.15) is 18.3 Å². The first-order valence-electron chi connectivity index (χ1n) is 5.26. The van der Waals surface area contributed by atoms with Crippen LogP contribution in [0.1, 0.15) is 24.4 Å². The molecule has 1 aromatic heterocycles. The number of hydrogen-bond acceptors (Lipinski definition) is 3. The molecule has 1 aromatic rings. The standard InChI is InChI=1S/C10H12F3N3O2/c1-5-8(18-9(17)15(5)2)6-4-7(10(11,12)13)14-16(6)3/h4-5,8H,1-3H3/t5-,8-/m1/s1. The second kappa shape index (κ2) is 3.89. The van der Waals surface area contributed by atoms with Gasteiger partial charge in [0.05, 0.1) is 11.7 Å². The summed E-state index contributed by atoms with van der Waals surface area (Å²) < 4.78 is 43.7. The maximum absolute atomic E-state index is 12.5. The summed E-state index contributed by atoms with van der Waals surface area (Å²) in [6.45, 7) is 1.70. The Morgan fingerprint density at radius 1 is 1.39 bits per heavy atom. The molecule has 1 amide bonds. The van der Waals surface area contributed by atoms with Crippen LogP contribution in [-0.2, 0) is 18.0 Å². The fourth-order valence-corrected chi connectivity index (χ4v) is 1.85. The van der Waals surface area contributed by atoms with Gasteiger partial charge in [0, 0.05) is 14.1 Å². The number of amides is 1. The highest BCUT2D eigenvalue weighted by Crippen LogP contribution is 2.35. The molecule has 0 N–H and O–H groups in total. The molecule has 0 saturated carbocycles. The molecule has 0 aliphatic carbocycles. The number of carbonyl (C=O) groups is 1. The lowest BCUT2D eigenvalue weighted by atomic mass is 10.1. The van der Waals surface area contributed by atoms with E-state index in [9.17, 15) is 18.0 Å². The van der Waals surface area contributed by atoms with E-state index in [-0.39, 0.29) is 11.7 Å². The third kappa shape index (κ3) is 1.91. The van der Waals surface area contributed by atoms with Crippen LogP contribution in [0.4, 0.5) is 18.0 Å². The van der Waals surface area contributed by atoms with E-state index in [0.717, 1.165) is 10.7 Å². The Kier molecular flexibility index (Phi) is 2.75. The van der Waals surface area contributed by atoms with Gasteiger partial charge >= 0.3 is 12.3 Å². The molecule has 1 aliphatic rings. The summed E-state index contributed by atoms with van der Waals surface area (Å²) >= 11 is 0. The molecule has 18 heavy (non-hydrogen) atoms.